The lowest BCUT2D eigenvalue weighted by atomic mass is 10.2. The Kier molecular flexibility index (Phi) is 7.67. The van der Waals surface area contributed by atoms with Gasteiger partial charge in [-0.15, -0.1) is 0 Å². The SMILES string of the molecule is COc1ccc(-c2nc(-c3ccncc3)nn2CCN(C(=O)NC(C)C)C2CCCC2)cc1Cl. The maximum Gasteiger partial charge on any atom is 0.317 e. The second-order valence-electron chi connectivity index (χ2n) is 8.80. The number of ether oxygens (including phenoxy) is 1. The van der Waals surface area contributed by atoms with Gasteiger partial charge in [-0.1, -0.05) is 24.4 Å². The largest absolute Gasteiger partial charge is 0.495 e. The van der Waals surface area contributed by atoms with Crippen LogP contribution in [0.2, 0.25) is 5.02 Å². The second kappa shape index (κ2) is 10.9. The predicted molar refractivity (Wildman–Crippen MR) is 133 cm³/mol. The van der Waals surface area contributed by atoms with E-state index in [-0.39, 0.29) is 18.1 Å². The second-order valence-corrected chi connectivity index (χ2v) is 9.21. The minimum absolute atomic E-state index is 0.0228. The number of benzene rings is 1. The molecule has 8 nitrogen and oxygen atoms in total. The predicted octanol–water partition coefficient (Wildman–Crippen LogP) is 5.03. The molecule has 4 rings (SSSR count). The first kappa shape index (κ1) is 24.0. The Morgan fingerprint density at radius 3 is 2.59 bits per heavy atom. The van der Waals surface area contributed by atoms with Crippen molar-refractivity contribution in [3.8, 4) is 28.5 Å². The molecule has 1 aliphatic carbocycles. The Morgan fingerprint density at radius 2 is 1.94 bits per heavy atom. The maximum absolute atomic E-state index is 13.0. The van der Waals surface area contributed by atoms with Crippen molar-refractivity contribution < 1.29 is 9.53 Å². The number of carbonyl (C=O) groups excluding carboxylic acids is 1. The van der Waals surface area contributed by atoms with E-state index in [1.54, 1.807) is 19.5 Å². The summed E-state index contributed by atoms with van der Waals surface area (Å²) in [6, 6.07) is 9.64. The fraction of sp³-hybridized carbons (Fsp3) is 0.440. The lowest BCUT2D eigenvalue weighted by molar-refractivity contribution is 0.169. The molecule has 3 aromatic rings. The Labute approximate surface area is 205 Å². The smallest absolute Gasteiger partial charge is 0.317 e. The summed E-state index contributed by atoms with van der Waals surface area (Å²) in [5.74, 6) is 1.89. The van der Waals surface area contributed by atoms with Gasteiger partial charge in [0.1, 0.15) is 5.75 Å². The van der Waals surface area contributed by atoms with E-state index in [1.807, 2.05) is 53.8 Å². The van der Waals surface area contributed by atoms with Crippen molar-refractivity contribution in [3.63, 3.8) is 0 Å². The zero-order valence-electron chi connectivity index (χ0n) is 19.9. The molecule has 2 heterocycles. The minimum atomic E-state index is -0.0228. The van der Waals surface area contributed by atoms with E-state index in [2.05, 4.69) is 10.3 Å². The van der Waals surface area contributed by atoms with Crippen molar-refractivity contribution in [2.75, 3.05) is 13.7 Å². The molecule has 0 saturated heterocycles. The van der Waals surface area contributed by atoms with Crippen LogP contribution in [0, 0.1) is 0 Å². The van der Waals surface area contributed by atoms with Gasteiger partial charge < -0.3 is 15.0 Å². The third kappa shape index (κ3) is 5.50. The molecule has 1 aliphatic rings. The first-order chi connectivity index (χ1) is 16.5. The summed E-state index contributed by atoms with van der Waals surface area (Å²) in [5, 5.41) is 8.35. The van der Waals surface area contributed by atoms with E-state index in [4.69, 9.17) is 26.4 Å². The van der Waals surface area contributed by atoms with E-state index in [1.165, 1.54) is 0 Å². The van der Waals surface area contributed by atoms with Crippen molar-refractivity contribution in [3.05, 3.63) is 47.7 Å². The highest BCUT2D eigenvalue weighted by Crippen LogP contribution is 2.31. The quantitative estimate of drug-likeness (QED) is 0.486. The van der Waals surface area contributed by atoms with Gasteiger partial charge in [-0.2, -0.15) is 5.10 Å². The van der Waals surface area contributed by atoms with Crippen LogP contribution in [-0.4, -0.2) is 56.4 Å². The molecule has 0 aliphatic heterocycles. The molecule has 0 unspecified atom stereocenters. The van der Waals surface area contributed by atoms with Gasteiger partial charge >= 0.3 is 6.03 Å². The number of rotatable bonds is 8. The minimum Gasteiger partial charge on any atom is -0.495 e. The van der Waals surface area contributed by atoms with Crippen LogP contribution >= 0.6 is 11.6 Å². The van der Waals surface area contributed by atoms with Gasteiger partial charge in [0.25, 0.3) is 0 Å². The first-order valence-corrected chi connectivity index (χ1v) is 12.1. The molecular formula is C25H31ClN6O2. The molecular weight excluding hydrogens is 452 g/mol. The zero-order chi connectivity index (χ0) is 24.1. The third-order valence-corrected chi connectivity index (χ3v) is 6.31. The monoisotopic (exact) mass is 482 g/mol. The van der Waals surface area contributed by atoms with E-state index in [0.29, 0.717) is 35.5 Å². The molecule has 2 amide bonds. The highest BCUT2D eigenvalue weighted by molar-refractivity contribution is 6.32. The number of methoxy groups -OCH3 is 1. The lowest BCUT2D eigenvalue weighted by Crippen LogP contribution is -2.48. The molecule has 0 atom stereocenters. The number of nitrogens with one attached hydrogen (secondary N) is 1. The van der Waals surface area contributed by atoms with Gasteiger partial charge in [0, 0.05) is 42.1 Å². The summed E-state index contributed by atoms with van der Waals surface area (Å²) in [5.41, 5.74) is 1.71. The Bertz CT molecular complexity index is 1110. The molecule has 34 heavy (non-hydrogen) atoms. The van der Waals surface area contributed by atoms with Crippen molar-refractivity contribution in [1.29, 1.82) is 0 Å². The number of hydrogen-bond donors (Lipinski definition) is 1. The van der Waals surface area contributed by atoms with Gasteiger partial charge in [0.05, 0.1) is 18.7 Å². The number of amides is 2. The fourth-order valence-electron chi connectivity index (χ4n) is 4.34. The van der Waals surface area contributed by atoms with Crippen molar-refractivity contribution in [1.82, 2.24) is 30.0 Å². The molecule has 1 aromatic carbocycles. The van der Waals surface area contributed by atoms with Gasteiger partial charge in [0.15, 0.2) is 11.6 Å². The number of nitrogens with zero attached hydrogens (tertiary/aromatic N) is 5. The Balaban J connectivity index is 1.65. The summed E-state index contributed by atoms with van der Waals surface area (Å²) < 4.78 is 7.16. The number of aromatic nitrogens is 4. The van der Waals surface area contributed by atoms with E-state index in [0.717, 1.165) is 36.8 Å². The van der Waals surface area contributed by atoms with Crippen molar-refractivity contribution >= 4 is 17.6 Å². The molecule has 1 fully saturated rings. The average Bonchev–Trinajstić information content (AvgIpc) is 3.50. The van der Waals surface area contributed by atoms with Crippen LogP contribution in [0.15, 0.2) is 42.7 Å². The van der Waals surface area contributed by atoms with Gasteiger partial charge in [-0.25, -0.2) is 14.5 Å². The summed E-state index contributed by atoms with van der Waals surface area (Å²) in [6.45, 7) is 5.02. The normalized spacial score (nSPS) is 13.9. The summed E-state index contributed by atoms with van der Waals surface area (Å²) >= 11 is 6.41. The average molecular weight is 483 g/mol. The maximum atomic E-state index is 13.0. The van der Waals surface area contributed by atoms with Crippen LogP contribution < -0.4 is 10.1 Å². The number of halogens is 1. The zero-order valence-corrected chi connectivity index (χ0v) is 20.6. The topological polar surface area (TPSA) is 85.2 Å². The number of carbonyl (C=O) groups is 1. The fourth-order valence-corrected chi connectivity index (χ4v) is 4.60. The molecule has 9 heteroatoms. The van der Waals surface area contributed by atoms with Crippen molar-refractivity contribution in [2.24, 2.45) is 0 Å². The Morgan fingerprint density at radius 1 is 1.21 bits per heavy atom. The molecule has 0 radical (unpaired) electrons. The first-order valence-electron chi connectivity index (χ1n) is 11.7. The van der Waals surface area contributed by atoms with Crippen LogP contribution in [0.3, 0.4) is 0 Å². The Hall–Kier alpha value is -3.13. The van der Waals surface area contributed by atoms with Crippen LogP contribution in [0.25, 0.3) is 22.8 Å². The van der Waals surface area contributed by atoms with Gasteiger partial charge in [-0.05, 0) is 57.0 Å². The van der Waals surface area contributed by atoms with E-state index < -0.39 is 0 Å². The molecule has 0 spiro atoms. The molecule has 2 aromatic heterocycles. The number of hydrogen-bond acceptors (Lipinski definition) is 5. The highest BCUT2D eigenvalue weighted by atomic mass is 35.5. The lowest BCUT2D eigenvalue weighted by Gasteiger charge is -2.30. The van der Waals surface area contributed by atoms with Crippen LogP contribution in [0.1, 0.15) is 39.5 Å². The number of pyridine rings is 1. The molecule has 0 bridgehead atoms. The van der Waals surface area contributed by atoms with Crippen LogP contribution in [-0.2, 0) is 6.54 Å². The van der Waals surface area contributed by atoms with Gasteiger partial charge in [-0.3, -0.25) is 4.98 Å². The number of urea groups is 1. The highest BCUT2D eigenvalue weighted by Gasteiger charge is 2.27. The molecule has 1 N–H and O–H groups in total. The molecule has 1 saturated carbocycles. The summed E-state index contributed by atoms with van der Waals surface area (Å²) in [4.78, 5) is 23.9. The third-order valence-electron chi connectivity index (χ3n) is 6.01. The standard InChI is InChI=1S/C25H31ClN6O2/c1-17(2)28-25(33)31(20-6-4-5-7-20)14-15-32-24(19-8-9-22(34-3)21(26)16-19)29-23(30-32)18-10-12-27-13-11-18/h8-13,16-17,20H,4-7,14-15H2,1-3H3,(H,28,33). The van der Waals surface area contributed by atoms with Crippen LogP contribution in [0.5, 0.6) is 5.75 Å². The van der Waals surface area contributed by atoms with E-state index in [9.17, 15) is 4.79 Å². The van der Waals surface area contributed by atoms with E-state index >= 15 is 0 Å². The molecule has 180 valence electrons. The van der Waals surface area contributed by atoms with Crippen LogP contribution in [0.4, 0.5) is 4.79 Å². The van der Waals surface area contributed by atoms with Gasteiger partial charge in [0.2, 0.25) is 0 Å². The summed E-state index contributed by atoms with van der Waals surface area (Å²) in [6.07, 6.45) is 7.82. The van der Waals surface area contributed by atoms with Crippen molar-refractivity contribution in [2.45, 2.75) is 58.2 Å². The summed E-state index contributed by atoms with van der Waals surface area (Å²) in [7, 11) is 1.59.